The van der Waals surface area contributed by atoms with Crippen molar-refractivity contribution in [2.45, 2.75) is 13.0 Å². The maximum Gasteiger partial charge on any atom is 0.212 e. The summed E-state index contributed by atoms with van der Waals surface area (Å²) < 4.78 is 27.1. The largest absolute Gasteiger partial charge is 0.319 e. The fourth-order valence-corrected chi connectivity index (χ4v) is 2.28. The zero-order chi connectivity index (χ0) is 11.9. The van der Waals surface area contributed by atoms with Crippen LogP contribution in [0.25, 0.3) is 0 Å². The number of aromatic nitrogens is 2. The van der Waals surface area contributed by atoms with Crippen molar-refractivity contribution in [1.82, 2.24) is 19.8 Å². The lowest BCUT2D eigenvalue weighted by molar-refractivity contribution is 0.552. The van der Waals surface area contributed by atoms with Crippen LogP contribution in [0.1, 0.15) is 6.42 Å². The smallest absolute Gasteiger partial charge is 0.212 e. The van der Waals surface area contributed by atoms with E-state index < -0.39 is 10.0 Å². The van der Waals surface area contributed by atoms with Crippen molar-refractivity contribution in [2.24, 2.45) is 0 Å². The molecule has 1 rings (SSSR count). The van der Waals surface area contributed by atoms with Crippen molar-refractivity contribution < 1.29 is 8.42 Å². The third kappa shape index (κ3) is 5.24. The maximum absolute atomic E-state index is 11.4. The summed E-state index contributed by atoms with van der Waals surface area (Å²) in [5.41, 5.74) is 0. The molecule has 0 radical (unpaired) electrons. The average Bonchev–Trinajstić information content (AvgIpc) is 2.75. The quantitative estimate of drug-likeness (QED) is 0.601. The summed E-state index contributed by atoms with van der Waals surface area (Å²) in [5.74, 6) is 0.116. The van der Waals surface area contributed by atoms with Crippen molar-refractivity contribution in [3.63, 3.8) is 0 Å². The van der Waals surface area contributed by atoms with Crippen molar-refractivity contribution in [1.29, 1.82) is 0 Å². The minimum absolute atomic E-state index is 0.116. The van der Waals surface area contributed by atoms with Crippen LogP contribution in [0.4, 0.5) is 0 Å². The molecule has 6 nitrogen and oxygen atoms in total. The van der Waals surface area contributed by atoms with Crippen LogP contribution < -0.4 is 10.0 Å². The van der Waals surface area contributed by atoms with Crippen molar-refractivity contribution >= 4 is 10.0 Å². The van der Waals surface area contributed by atoms with Crippen LogP contribution in [-0.2, 0) is 16.6 Å². The van der Waals surface area contributed by atoms with E-state index in [1.165, 1.54) is 0 Å². The lowest BCUT2D eigenvalue weighted by Gasteiger charge is -2.06. The molecule has 0 aromatic carbocycles. The highest BCUT2D eigenvalue weighted by Crippen LogP contribution is 1.89. The molecule has 0 aliphatic carbocycles. The Morgan fingerprint density at radius 2 is 2.19 bits per heavy atom. The molecule has 0 aliphatic rings. The zero-order valence-corrected chi connectivity index (χ0v) is 10.2. The lowest BCUT2D eigenvalue weighted by Crippen LogP contribution is -2.31. The van der Waals surface area contributed by atoms with Gasteiger partial charge in [-0.15, -0.1) is 0 Å². The number of hydrogen-bond acceptors (Lipinski definition) is 4. The van der Waals surface area contributed by atoms with Gasteiger partial charge in [-0.1, -0.05) is 0 Å². The van der Waals surface area contributed by atoms with Crippen LogP contribution in [-0.4, -0.2) is 44.1 Å². The summed E-state index contributed by atoms with van der Waals surface area (Å²) in [6, 6.07) is 1.84. The summed E-state index contributed by atoms with van der Waals surface area (Å²) in [6.45, 7) is 1.64. The molecule has 0 saturated heterocycles. The fraction of sp³-hybridized carbons (Fsp3) is 0.667. The number of nitrogens with one attached hydrogen (secondary N) is 2. The van der Waals surface area contributed by atoms with Gasteiger partial charge in [-0.25, -0.2) is 13.1 Å². The number of sulfonamides is 1. The standard InChI is InChI=1S/C9H18N4O2S/c1-10-6-9-16(14,15)12-5-3-8-13-7-2-4-11-13/h2,4,7,10,12H,3,5-6,8-9H2,1H3. The molecule has 7 heteroatoms. The number of rotatable bonds is 8. The predicted octanol–water partition coefficient (Wildman–Crippen LogP) is -0.588. The molecular formula is C9H18N4O2S. The SMILES string of the molecule is CNCCS(=O)(=O)NCCCn1cccn1. The van der Waals surface area contributed by atoms with Gasteiger partial charge < -0.3 is 5.32 Å². The molecule has 0 saturated carbocycles. The first-order chi connectivity index (χ1) is 7.64. The van der Waals surface area contributed by atoms with E-state index in [-0.39, 0.29) is 5.75 Å². The van der Waals surface area contributed by atoms with Gasteiger partial charge in [-0.2, -0.15) is 5.10 Å². The monoisotopic (exact) mass is 246 g/mol. The normalized spacial score (nSPS) is 11.8. The third-order valence-corrected chi connectivity index (χ3v) is 3.45. The van der Waals surface area contributed by atoms with Crippen LogP contribution in [0.15, 0.2) is 18.5 Å². The molecule has 1 heterocycles. The minimum atomic E-state index is -3.13. The Labute approximate surface area is 96.1 Å². The molecule has 0 unspecified atom stereocenters. The molecule has 0 spiro atoms. The van der Waals surface area contributed by atoms with E-state index in [1.807, 2.05) is 12.3 Å². The Balaban J connectivity index is 2.15. The van der Waals surface area contributed by atoms with Gasteiger partial charge in [0.1, 0.15) is 0 Å². The molecule has 0 bridgehead atoms. The van der Waals surface area contributed by atoms with Gasteiger partial charge in [-0.05, 0) is 19.5 Å². The lowest BCUT2D eigenvalue weighted by atomic mass is 10.4. The molecule has 0 aliphatic heterocycles. The van der Waals surface area contributed by atoms with Gasteiger partial charge in [0.05, 0.1) is 5.75 Å². The third-order valence-electron chi connectivity index (χ3n) is 2.07. The van der Waals surface area contributed by atoms with Gasteiger partial charge in [0, 0.05) is 32.0 Å². The highest BCUT2D eigenvalue weighted by molar-refractivity contribution is 7.89. The van der Waals surface area contributed by atoms with Crippen molar-refractivity contribution in [2.75, 3.05) is 25.9 Å². The summed E-state index contributed by atoms with van der Waals surface area (Å²) in [7, 11) is -1.40. The van der Waals surface area contributed by atoms with Crippen LogP contribution in [0, 0.1) is 0 Å². The summed E-state index contributed by atoms with van der Waals surface area (Å²) in [6.07, 6.45) is 4.30. The van der Waals surface area contributed by atoms with Gasteiger partial charge >= 0.3 is 0 Å². The maximum atomic E-state index is 11.4. The second kappa shape index (κ2) is 6.62. The van der Waals surface area contributed by atoms with E-state index in [2.05, 4.69) is 15.1 Å². The van der Waals surface area contributed by atoms with E-state index in [0.29, 0.717) is 13.1 Å². The highest BCUT2D eigenvalue weighted by Gasteiger charge is 2.07. The fourth-order valence-electron chi connectivity index (χ4n) is 1.21. The van der Waals surface area contributed by atoms with Gasteiger partial charge in [-0.3, -0.25) is 4.68 Å². The van der Waals surface area contributed by atoms with E-state index >= 15 is 0 Å². The van der Waals surface area contributed by atoms with Crippen LogP contribution in [0.3, 0.4) is 0 Å². The Morgan fingerprint density at radius 3 is 2.81 bits per heavy atom. The summed E-state index contributed by atoms with van der Waals surface area (Å²) >= 11 is 0. The number of nitrogens with zero attached hydrogens (tertiary/aromatic N) is 2. The highest BCUT2D eigenvalue weighted by atomic mass is 32.2. The first-order valence-electron chi connectivity index (χ1n) is 5.23. The molecule has 0 atom stereocenters. The van der Waals surface area contributed by atoms with E-state index in [1.54, 1.807) is 17.9 Å². The van der Waals surface area contributed by atoms with Gasteiger partial charge in [0.15, 0.2) is 0 Å². The van der Waals surface area contributed by atoms with E-state index in [9.17, 15) is 8.42 Å². The van der Waals surface area contributed by atoms with Crippen LogP contribution >= 0.6 is 0 Å². The van der Waals surface area contributed by atoms with Crippen LogP contribution in [0.2, 0.25) is 0 Å². The number of aryl methyl sites for hydroxylation is 1. The Morgan fingerprint density at radius 1 is 1.38 bits per heavy atom. The topological polar surface area (TPSA) is 76.0 Å². The van der Waals surface area contributed by atoms with Crippen LogP contribution in [0.5, 0.6) is 0 Å². The van der Waals surface area contributed by atoms with Crippen molar-refractivity contribution in [3.8, 4) is 0 Å². The van der Waals surface area contributed by atoms with E-state index in [0.717, 1.165) is 13.0 Å². The summed E-state index contributed by atoms with van der Waals surface area (Å²) in [5, 5.41) is 6.83. The predicted molar refractivity (Wildman–Crippen MR) is 62.6 cm³/mol. The Hall–Kier alpha value is -0.920. The molecule has 1 aromatic heterocycles. The Bertz CT molecular complexity index is 374. The van der Waals surface area contributed by atoms with Gasteiger partial charge in [0.2, 0.25) is 10.0 Å². The molecule has 92 valence electrons. The molecule has 16 heavy (non-hydrogen) atoms. The molecular weight excluding hydrogens is 228 g/mol. The van der Waals surface area contributed by atoms with Gasteiger partial charge in [0.25, 0.3) is 0 Å². The molecule has 1 aromatic rings. The minimum Gasteiger partial charge on any atom is -0.319 e. The second-order valence-electron chi connectivity index (χ2n) is 3.44. The molecule has 0 fully saturated rings. The van der Waals surface area contributed by atoms with E-state index in [4.69, 9.17) is 0 Å². The molecule has 2 N–H and O–H groups in total. The first kappa shape index (κ1) is 13.1. The first-order valence-corrected chi connectivity index (χ1v) is 6.88. The second-order valence-corrected chi connectivity index (χ2v) is 5.37. The van der Waals surface area contributed by atoms with Crippen molar-refractivity contribution in [3.05, 3.63) is 18.5 Å². The summed E-state index contributed by atoms with van der Waals surface area (Å²) in [4.78, 5) is 0. The Kier molecular flexibility index (Phi) is 5.44. The average molecular weight is 246 g/mol. The number of hydrogen-bond donors (Lipinski definition) is 2. The molecule has 0 amide bonds. The zero-order valence-electron chi connectivity index (χ0n) is 9.39.